The number of hydrogen-bond acceptors (Lipinski definition) is 6. The maximum atomic E-state index is 7.32. The molecule has 2 aromatic heterocycles. The van der Waals surface area contributed by atoms with Crippen LogP contribution in [0.25, 0.3) is 65.8 Å². The Morgan fingerprint density at radius 2 is 0.824 bits per heavy atom. The summed E-state index contributed by atoms with van der Waals surface area (Å²) in [6.07, 6.45) is 0. The molecule has 17 rings (SSSR count). The van der Waals surface area contributed by atoms with E-state index in [1.807, 2.05) is 0 Å². The summed E-state index contributed by atoms with van der Waals surface area (Å²) in [4.78, 5) is 9.92. The van der Waals surface area contributed by atoms with Gasteiger partial charge in [0.2, 0.25) is 0 Å². The van der Waals surface area contributed by atoms with Gasteiger partial charge in [-0.3, -0.25) is 0 Å². The second-order valence-corrected chi connectivity index (χ2v) is 26.5. The number of para-hydroxylation sites is 4. The van der Waals surface area contributed by atoms with Gasteiger partial charge in [-0.25, -0.2) is 0 Å². The molecule has 0 amide bonds. The molecular weight excluding hydrogens is 1110 g/mol. The van der Waals surface area contributed by atoms with E-state index in [-0.39, 0.29) is 17.5 Å². The topological polar surface area (TPSA) is 39.2 Å². The Morgan fingerprint density at radius 1 is 0.319 bits per heavy atom. The molecule has 4 heterocycles. The van der Waals surface area contributed by atoms with Crippen molar-refractivity contribution in [3.8, 4) is 11.1 Å². The molecule has 91 heavy (non-hydrogen) atoms. The Bertz CT molecular complexity index is 5350. The number of rotatable bonds is 9. The Morgan fingerprint density at radius 3 is 1.49 bits per heavy atom. The number of anilines is 12. The van der Waals surface area contributed by atoms with Gasteiger partial charge in [-0.1, -0.05) is 211 Å². The van der Waals surface area contributed by atoms with Crippen LogP contribution in [0.3, 0.4) is 0 Å². The van der Waals surface area contributed by atoms with Crippen molar-refractivity contribution in [1.29, 1.82) is 0 Å². The molecule has 6 nitrogen and oxygen atoms in total. The third kappa shape index (κ3) is 8.93. The molecule has 13 aromatic carbocycles. The third-order valence-electron chi connectivity index (χ3n) is 18.9. The fourth-order valence-electron chi connectivity index (χ4n) is 14.4. The summed E-state index contributed by atoms with van der Waals surface area (Å²) in [6, 6.07) is 105. The minimum atomic E-state index is -0.294. The summed E-state index contributed by atoms with van der Waals surface area (Å²) in [7, 11) is 0. The summed E-state index contributed by atoms with van der Waals surface area (Å²) in [5.41, 5.74) is 24.0. The van der Waals surface area contributed by atoms with Gasteiger partial charge in [-0.15, -0.1) is 0 Å². The van der Waals surface area contributed by atoms with Crippen LogP contribution in [0.2, 0.25) is 0 Å². The molecule has 0 unspecified atom stereocenters. The molecule has 15 aromatic rings. The highest BCUT2D eigenvalue weighted by Crippen LogP contribution is 2.52. The van der Waals surface area contributed by atoms with Gasteiger partial charge in [-0.2, -0.15) is 0 Å². The molecule has 436 valence electrons. The van der Waals surface area contributed by atoms with Crippen LogP contribution in [0.4, 0.5) is 68.2 Å². The van der Waals surface area contributed by atoms with Crippen molar-refractivity contribution < 1.29 is 8.83 Å². The molecule has 0 bridgehead atoms. The van der Waals surface area contributed by atoms with E-state index in [0.29, 0.717) is 0 Å². The van der Waals surface area contributed by atoms with Gasteiger partial charge in [0.05, 0.1) is 11.4 Å². The molecule has 0 spiro atoms. The lowest BCUT2D eigenvalue weighted by Gasteiger charge is -2.45. The van der Waals surface area contributed by atoms with E-state index in [4.69, 9.17) is 8.83 Å². The highest BCUT2D eigenvalue weighted by atomic mass is 16.3. The molecule has 7 heteroatoms. The fraction of sp³-hybridized carbons (Fsp3) is 0.0952. The molecule has 2 aliphatic heterocycles. The Balaban J connectivity index is 0.997. The third-order valence-corrected chi connectivity index (χ3v) is 18.9. The SMILES string of the molecule is CC(C)(C)c1ccc(N2c3cc(N(c4cccc(-c5ccccc5)c4)c4cccc5c4oc4ccccc45)ccc3B3c4c2cc(N(c2ccccc2)c2ccc5ccccc5c2)cc4N(c2ccc(C(C)(C)C)cc2)c2ccc4c(oc5ccccc54)c23)cc1. The van der Waals surface area contributed by atoms with E-state index in [0.717, 1.165) is 134 Å². The first kappa shape index (κ1) is 54.2. The second kappa shape index (κ2) is 20.8. The smallest absolute Gasteiger partial charge is 0.257 e. The van der Waals surface area contributed by atoms with Gasteiger partial charge in [0.15, 0.2) is 5.58 Å². The van der Waals surface area contributed by atoms with Gasteiger partial charge in [0.1, 0.15) is 16.7 Å². The number of benzene rings is 13. The van der Waals surface area contributed by atoms with Crippen molar-refractivity contribution in [3.05, 3.63) is 296 Å². The highest BCUT2D eigenvalue weighted by Gasteiger charge is 2.46. The molecule has 2 aliphatic rings. The zero-order chi connectivity index (χ0) is 61.3. The molecule has 0 radical (unpaired) electrons. The van der Waals surface area contributed by atoms with Crippen LogP contribution in [0.5, 0.6) is 0 Å². The van der Waals surface area contributed by atoms with Gasteiger partial charge in [0.25, 0.3) is 6.71 Å². The lowest BCUT2D eigenvalue weighted by atomic mass is 9.33. The summed E-state index contributed by atoms with van der Waals surface area (Å²) in [5, 5.41) is 6.69. The summed E-state index contributed by atoms with van der Waals surface area (Å²) < 4.78 is 14.3. The maximum absolute atomic E-state index is 7.32. The molecule has 0 fully saturated rings. The maximum Gasteiger partial charge on any atom is 0.257 e. The number of nitrogens with zero attached hydrogens (tertiary/aromatic N) is 4. The minimum absolute atomic E-state index is 0.0521. The van der Waals surface area contributed by atoms with E-state index in [1.54, 1.807) is 0 Å². The zero-order valence-corrected chi connectivity index (χ0v) is 51.8. The second-order valence-electron chi connectivity index (χ2n) is 26.5. The van der Waals surface area contributed by atoms with Crippen LogP contribution in [0.15, 0.2) is 294 Å². The predicted molar refractivity (Wildman–Crippen MR) is 385 cm³/mol. The molecule has 0 aliphatic carbocycles. The molecule has 0 saturated heterocycles. The Labute approximate surface area is 531 Å². The number of furan rings is 2. The average Bonchev–Trinajstić information content (AvgIpc) is 1.51. The van der Waals surface area contributed by atoms with Gasteiger partial charge >= 0.3 is 0 Å². The summed E-state index contributed by atoms with van der Waals surface area (Å²) in [5.74, 6) is 0. The van der Waals surface area contributed by atoms with Crippen molar-refractivity contribution in [1.82, 2.24) is 0 Å². The lowest BCUT2D eigenvalue weighted by molar-refractivity contribution is 0.590. The van der Waals surface area contributed by atoms with Crippen molar-refractivity contribution in [2.75, 3.05) is 19.6 Å². The van der Waals surface area contributed by atoms with Crippen molar-refractivity contribution in [3.63, 3.8) is 0 Å². The zero-order valence-electron chi connectivity index (χ0n) is 51.8. The molecule has 0 N–H and O–H groups in total. The molecule has 0 saturated carbocycles. The van der Waals surface area contributed by atoms with Crippen LogP contribution in [0.1, 0.15) is 52.7 Å². The summed E-state index contributed by atoms with van der Waals surface area (Å²) in [6.45, 7) is 13.5. The normalized spacial score (nSPS) is 12.9. The van der Waals surface area contributed by atoms with Crippen molar-refractivity contribution in [2.45, 2.75) is 52.4 Å². The van der Waals surface area contributed by atoms with E-state index in [9.17, 15) is 0 Å². The molecule has 0 atom stereocenters. The summed E-state index contributed by atoms with van der Waals surface area (Å²) >= 11 is 0. The Kier molecular flexibility index (Phi) is 12.4. The minimum Gasteiger partial charge on any atom is -0.457 e. The van der Waals surface area contributed by atoms with Crippen LogP contribution >= 0.6 is 0 Å². The van der Waals surface area contributed by atoms with Crippen molar-refractivity contribution >= 4 is 146 Å². The predicted octanol–water partition coefficient (Wildman–Crippen LogP) is 21.9. The highest BCUT2D eigenvalue weighted by molar-refractivity contribution is 7.01. The average molecular weight is 1170 g/mol. The monoisotopic (exact) mass is 1170 g/mol. The first-order chi connectivity index (χ1) is 44.4. The van der Waals surface area contributed by atoms with E-state index in [1.165, 1.54) is 27.4 Å². The lowest BCUT2D eigenvalue weighted by Crippen LogP contribution is -2.61. The Hall–Kier alpha value is -11.0. The van der Waals surface area contributed by atoms with E-state index in [2.05, 4.69) is 346 Å². The van der Waals surface area contributed by atoms with E-state index >= 15 is 0 Å². The quantitative estimate of drug-likeness (QED) is 0.134. The first-order valence-corrected chi connectivity index (χ1v) is 31.7. The fourth-order valence-corrected chi connectivity index (χ4v) is 14.4. The number of fused-ring (bicyclic) bond motifs is 12. The van der Waals surface area contributed by atoms with Gasteiger partial charge in [-0.05, 0) is 176 Å². The van der Waals surface area contributed by atoms with Gasteiger partial charge in [0, 0.05) is 78.4 Å². The van der Waals surface area contributed by atoms with Crippen LogP contribution < -0.4 is 36.0 Å². The van der Waals surface area contributed by atoms with Crippen LogP contribution in [-0.4, -0.2) is 6.71 Å². The van der Waals surface area contributed by atoms with Gasteiger partial charge < -0.3 is 28.4 Å². The van der Waals surface area contributed by atoms with Crippen LogP contribution in [0, 0.1) is 0 Å². The first-order valence-electron chi connectivity index (χ1n) is 31.7. The van der Waals surface area contributed by atoms with Crippen molar-refractivity contribution in [2.24, 2.45) is 0 Å². The standard InChI is InChI=1S/C84H65BN4O2/c1-83(2,3)58-36-41-61(42-37-58)88-72-48-46-70-68-30-16-18-34-78(68)91-82(70)80(72)85-71-47-45-65(87(63-28-19-25-57(49-63)54-21-9-7-10-22-54)73-32-20-31-69-67-29-15-17-33-77(67)90-81(69)73)51-74(71)89(62-43-38-59(39-44-62)84(4,5)6)76-53-66(52-75(88)79(76)85)86(60-26-11-8-12-27-60)64-40-35-55-23-13-14-24-56(55)50-64/h7-53H,1-6H3. The largest absolute Gasteiger partial charge is 0.457 e. The van der Waals surface area contributed by atoms with Crippen LogP contribution in [-0.2, 0) is 10.8 Å². The number of hydrogen-bond donors (Lipinski definition) is 0. The molecular formula is C84H65BN4O2. The van der Waals surface area contributed by atoms with E-state index < -0.39 is 0 Å².